The molecule has 0 fully saturated rings. The third-order valence-corrected chi connectivity index (χ3v) is 5.57. The summed E-state index contributed by atoms with van der Waals surface area (Å²) in [5.41, 5.74) is 1.58. The van der Waals surface area contributed by atoms with Crippen molar-refractivity contribution in [2.24, 2.45) is 0 Å². The van der Waals surface area contributed by atoms with E-state index in [1.165, 1.54) is 15.9 Å². The van der Waals surface area contributed by atoms with E-state index in [0.717, 1.165) is 35.5 Å². The van der Waals surface area contributed by atoms with Crippen molar-refractivity contribution >= 4 is 22.4 Å². The van der Waals surface area contributed by atoms with Crippen LogP contribution in [0.5, 0.6) is 11.5 Å². The number of unbranched alkanes of at least 4 members (excludes halogenated alkanes) is 1. The van der Waals surface area contributed by atoms with Crippen LogP contribution in [0, 0.1) is 0 Å². The fraction of sp³-hybridized carbons (Fsp3) is 0.208. The van der Waals surface area contributed by atoms with E-state index in [1.54, 1.807) is 6.08 Å². The Morgan fingerprint density at radius 1 is 1.06 bits per heavy atom. The van der Waals surface area contributed by atoms with E-state index in [9.17, 15) is 4.79 Å². The highest BCUT2D eigenvalue weighted by Crippen LogP contribution is 2.20. The highest BCUT2D eigenvalue weighted by Gasteiger charge is 2.12. The first-order chi connectivity index (χ1) is 15.2. The van der Waals surface area contributed by atoms with Crippen molar-refractivity contribution in [3.63, 3.8) is 0 Å². The molecule has 0 N–H and O–H groups in total. The topological polar surface area (TPSA) is 65.7 Å². The van der Waals surface area contributed by atoms with Crippen LogP contribution in [0.1, 0.15) is 25.3 Å². The summed E-state index contributed by atoms with van der Waals surface area (Å²) >= 11 is 1.32. The molecule has 158 valence electrons. The Balaban J connectivity index is 1.55. The van der Waals surface area contributed by atoms with E-state index < -0.39 is 0 Å². The number of thiazole rings is 1. The maximum absolute atomic E-state index is 12.8. The molecule has 4 rings (SSSR count). The molecule has 0 spiro atoms. The Hall–Kier alpha value is -3.45. The van der Waals surface area contributed by atoms with Crippen LogP contribution in [0.15, 0.2) is 66.0 Å². The minimum absolute atomic E-state index is 0.173. The molecule has 0 aliphatic heterocycles. The number of nitrogens with zero attached hydrogens (tertiary/aromatic N) is 3. The van der Waals surface area contributed by atoms with Crippen LogP contribution >= 0.6 is 11.3 Å². The van der Waals surface area contributed by atoms with Gasteiger partial charge in [0.25, 0.3) is 5.56 Å². The highest BCUT2D eigenvalue weighted by atomic mass is 32.1. The van der Waals surface area contributed by atoms with Gasteiger partial charge in [0.2, 0.25) is 4.96 Å². The maximum Gasteiger partial charge on any atom is 0.291 e. The van der Waals surface area contributed by atoms with Crippen molar-refractivity contribution in [2.45, 2.75) is 19.8 Å². The number of hydrogen-bond acceptors (Lipinski definition) is 6. The zero-order chi connectivity index (χ0) is 21.6. The van der Waals surface area contributed by atoms with E-state index in [2.05, 4.69) is 23.6 Å². The molecule has 0 aliphatic rings. The lowest BCUT2D eigenvalue weighted by molar-refractivity contribution is 0.309. The highest BCUT2D eigenvalue weighted by molar-refractivity contribution is 7.15. The normalized spacial score (nSPS) is 11.7. The molecule has 0 saturated carbocycles. The zero-order valence-electron chi connectivity index (χ0n) is 17.3. The lowest BCUT2D eigenvalue weighted by Gasteiger charge is -2.04. The largest absolute Gasteiger partial charge is 0.494 e. The van der Waals surface area contributed by atoms with Crippen molar-refractivity contribution in [2.75, 3.05) is 13.2 Å². The van der Waals surface area contributed by atoms with Crippen LogP contribution in [0.4, 0.5) is 0 Å². The van der Waals surface area contributed by atoms with Crippen molar-refractivity contribution in [1.82, 2.24) is 14.6 Å². The van der Waals surface area contributed by atoms with E-state index >= 15 is 0 Å². The molecule has 0 unspecified atom stereocenters. The zero-order valence-corrected chi connectivity index (χ0v) is 18.1. The second kappa shape index (κ2) is 9.57. The summed E-state index contributed by atoms with van der Waals surface area (Å²) in [4.78, 5) is 17.9. The van der Waals surface area contributed by atoms with E-state index in [-0.39, 0.29) is 5.56 Å². The third-order valence-electron chi connectivity index (χ3n) is 4.61. The van der Waals surface area contributed by atoms with E-state index in [1.807, 2.05) is 54.6 Å². The first-order valence-electron chi connectivity index (χ1n) is 10.2. The Bertz CT molecular complexity index is 1270. The summed E-state index contributed by atoms with van der Waals surface area (Å²) in [6.07, 6.45) is 5.68. The summed E-state index contributed by atoms with van der Waals surface area (Å²) in [6.45, 7) is 6.93. The molecule has 0 aliphatic carbocycles. The predicted octanol–water partition coefficient (Wildman–Crippen LogP) is 4.11. The number of benzene rings is 2. The maximum atomic E-state index is 12.8. The van der Waals surface area contributed by atoms with Gasteiger partial charge in [-0.1, -0.05) is 49.5 Å². The summed E-state index contributed by atoms with van der Waals surface area (Å²) in [6, 6.07) is 15.2. The molecule has 4 aromatic rings. The van der Waals surface area contributed by atoms with Crippen LogP contribution in [0.2, 0.25) is 0 Å². The summed E-state index contributed by atoms with van der Waals surface area (Å²) in [7, 11) is 0. The van der Waals surface area contributed by atoms with Gasteiger partial charge < -0.3 is 9.47 Å². The Kier molecular flexibility index (Phi) is 6.43. The smallest absolute Gasteiger partial charge is 0.291 e. The molecule has 31 heavy (non-hydrogen) atoms. The molecule has 0 saturated heterocycles. The molecular weight excluding hydrogens is 410 g/mol. The van der Waals surface area contributed by atoms with Crippen molar-refractivity contribution in [3.8, 4) is 22.9 Å². The van der Waals surface area contributed by atoms with Gasteiger partial charge in [-0.05, 0) is 54.5 Å². The van der Waals surface area contributed by atoms with Crippen LogP contribution in [-0.4, -0.2) is 27.8 Å². The van der Waals surface area contributed by atoms with Gasteiger partial charge in [0.1, 0.15) is 18.1 Å². The first-order valence-corrected chi connectivity index (χ1v) is 11.0. The summed E-state index contributed by atoms with van der Waals surface area (Å²) in [5, 5.41) is 4.40. The number of rotatable bonds is 9. The van der Waals surface area contributed by atoms with Crippen LogP contribution in [0.3, 0.4) is 0 Å². The van der Waals surface area contributed by atoms with Gasteiger partial charge in [-0.25, -0.2) is 0 Å². The quantitative estimate of drug-likeness (QED) is 0.294. The second-order valence-corrected chi connectivity index (χ2v) is 7.95. The molecule has 0 radical (unpaired) electrons. The summed E-state index contributed by atoms with van der Waals surface area (Å²) in [5.74, 6) is 2.09. The summed E-state index contributed by atoms with van der Waals surface area (Å²) < 4.78 is 13.1. The predicted molar refractivity (Wildman–Crippen MR) is 124 cm³/mol. The Morgan fingerprint density at radius 2 is 1.77 bits per heavy atom. The van der Waals surface area contributed by atoms with Crippen LogP contribution in [0.25, 0.3) is 22.4 Å². The Morgan fingerprint density at radius 3 is 2.45 bits per heavy atom. The van der Waals surface area contributed by atoms with Gasteiger partial charge in [0.15, 0.2) is 5.82 Å². The minimum atomic E-state index is -0.173. The van der Waals surface area contributed by atoms with Crippen LogP contribution in [-0.2, 0) is 0 Å². The standard InChI is InChI=1S/C24H23N3O3S/c1-3-5-15-30-19-10-6-17(7-11-19)16-21-23(28)27-24(31-21)25-22(26-27)18-8-12-20(13-9-18)29-14-4-2/h4,6-13,16H,2-3,5,14-15H2,1H3/b21-16+. The van der Waals surface area contributed by atoms with Gasteiger partial charge >= 0.3 is 0 Å². The van der Waals surface area contributed by atoms with Gasteiger partial charge in [-0.15, -0.1) is 5.10 Å². The monoisotopic (exact) mass is 433 g/mol. The number of hydrogen-bond donors (Lipinski definition) is 0. The Labute approximate surface area is 184 Å². The molecule has 0 amide bonds. The molecule has 0 atom stereocenters. The molecule has 0 bridgehead atoms. The molecular formula is C24H23N3O3S. The second-order valence-electron chi connectivity index (χ2n) is 6.94. The lowest BCUT2D eigenvalue weighted by atomic mass is 10.2. The number of aromatic nitrogens is 3. The fourth-order valence-corrected chi connectivity index (χ4v) is 3.87. The van der Waals surface area contributed by atoms with Gasteiger partial charge in [0, 0.05) is 5.56 Å². The average Bonchev–Trinajstić information content (AvgIpc) is 3.33. The fourth-order valence-electron chi connectivity index (χ4n) is 2.96. The molecule has 2 heterocycles. The molecule has 6 nitrogen and oxygen atoms in total. The molecule has 7 heteroatoms. The van der Waals surface area contributed by atoms with Gasteiger partial charge in [0.05, 0.1) is 11.1 Å². The van der Waals surface area contributed by atoms with E-state index in [0.29, 0.717) is 28.5 Å². The third kappa shape index (κ3) is 4.83. The van der Waals surface area contributed by atoms with Crippen molar-refractivity contribution in [1.29, 1.82) is 0 Å². The number of ether oxygens (including phenoxy) is 2. The van der Waals surface area contributed by atoms with Crippen LogP contribution < -0.4 is 19.6 Å². The van der Waals surface area contributed by atoms with Crippen molar-refractivity contribution < 1.29 is 9.47 Å². The average molecular weight is 434 g/mol. The van der Waals surface area contributed by atoms with Crippen molar-refractivity contribution in [3.05, 3.63) is 81.6 Å². The van der Waals surface area contributed by atoms with E-state index in [4.69, 9.17) is 9.47 Å². The lowest BCUT2D eigenvalue weighted by Crippen LogP contribution is -2.23. The SMILES string of the molecule is C=CCOc1ccc(-c2nc3s/c(=C/c4ccc(OCCCC)cc4)c(=O)n3n2)cc1. The number of fused-ring (bicyclic) bond motifs is 1. The first kappa shape index (κ1) is 20.8. The van der Waals surface area contributed by atoms with Gasteiger partial charge in [-0.3, -0.25) is 4.79 Å². The molecule has 2 aromatic carbocycles. The van der Waals surface area contributed by atoms with Gasteiger partial charge in [-0.2, -0.15) is 9.50 Å². The molecule has 2 aromatic heterocycles. The minimum Gasteiger partial charge on any atom is -0.494 e.